The highest BCUT2D eigenvalue weighted by molar-refractivity contribution is 9.10. The zero-order valence-electron chi connectivity index (χ0n) is 9.28. The maximum atomic E-state index is 11.8. The summed E-state index contributed by atoms with van der Waals surface area (Å²) in [5.74, 6) is 0.0453. The zero-order chi connectivity index (χ0) is 12.0. The summed E-state index contributed by atoms with van der Waals surface area (Å²) < 4.78 is 5.84. The van der Waals surface area contributed by atoms with Crippen LogP contribution in [0.2, 0.25) is 0 Å². The van der Waals surface area contributed by atoms with Gasteiger partial charge in [0.2, 0.25) is 0 Å². The Morgan fingerprint density at radius 1 is 1.50 bits per heavy atom. The largest absolute Gasteiger partial charge is 0.385 e. The number of ether oxygens (including phenoxy) is 1. The highest BCUT2D eigenvalue weighted by atomic mass is 79.9. The molecule has 0 saturated carbocycles. The lowest BCUT2D eigenvalue weighted by atomic mass is 10.0. The quantitative estimate of drug-likeness (QED) is 0.869. The molecule has 2 N–H and O–H groups in total. The van der Waals surface area contributed by atoms with E-state index in [0.29, 0.717) is 19.4 Å². The van der Waals surface area contributed by atoms with Gasteiger partial charge in [-0.15, -0.1) is 0 Å². The molecule has 1 aromatic rings. The van der Waals surface area contributed by atoms with Crippen molar-refractivity contribution in [2.45, 2.75) is 18.9 Å². The van der Waals surface area contributed by atoms with E-state index >= 15 is 0 Å². The summed E-state index contributed by atoms with van der Waals surface area (Å²) in [6, 6.07) is 7.23. The molecule has 0 fully saturated rings. The van der Waals surface area contributed by atoms with Crippen LogP contribution < -0.4 is 5.73 Å². The van der Waals surface area contributed by atoms with Crippen LogP contribution in [-0.4, -0.2) is 25.5 Å². The van der Waals surface area contributed by atoms with Gasteiger partial charge in [0.25, 0.3) is 0 Å². The van der Waals surface area contributed by atoms with Gasteiger partial charge in [-0.3, -0.25) is 4.79 Å². The van der Waals surface area contributed by atoms with Gasteiger partial charge in [0.15, 0.2) is 5.78 Å². The number of rotatable bonds is 6. The molecule has 16 heavy (non-hydrogen) atoms. The fourth-order valence-corrected chi connectivity index (χ4v) is 1.79. The molecule has 1 rings (SSSR count). The Bertz CT molecular complexity index is 355. The Morgan fingerprint density at radius 3 is 2.81 bits per heavy atom. The molecule has 1 aromatic carbocycles. The number of nitrogens with two attached hydrogens (primary N) is 1. The molecule has 0 saturated heterocycles. The second-order valence-electron chi connectivity index (χ2n) is 3.62. The first-order valence-electron chi connectivity index (χ1n) is 5.15. The van der Waals surface area contributed by atoms with Crippen LogP contribution in [0.4, 0.5) is 0 Å². The SMILES string of the molecule is COCCC(N)C(=O)Cc1ccccc1Br. The van der Waals surface area contributed by atoms with Crippen molar-refractivity contribution < 1.29 is 9.53 Å². The van der Waals surface area contributed by atoms with Crippen molar-refractivity contribution in [3.8, 4) is 0 Å². The van der Waals surface area contributed by atoms with E-state index < -0.39 is 6.04 Å². The van der Waals surface area contributed by atoms with E-state index in [0.717, 1.165) is 10.0 Å². The maximum Gasteiger partial charge on any atom is 0.154 e. The van der Waals surface area contributed by atoms with Gasteiger partial charge in [-0.05, 0) is 18.1 Å². The molecule has 4 heteroatoms. The lowest BCUT2D eigenvalue weighted by Crippen LogP contribution is -2.32. The van der Waals surface area contributed by atoms with Crippen LogP contribution in [0.15, 0.2) is 28.7 Å². The molecule has 0 spiro atoms. The Balaban J connectivity index is 2.54. The smallest absolute Gasteiger partial charge is 0.154 e. The molecule has 88 valence electrons. The summed E-state index contributed by atoms with van der Waals surface area (Å²) in [7, 11) is 1.60. The molecule has 1 unspecified atom stereocenters. The topological polar surface area (TPSA) is 52.3 Å². The van der Waals surface area contributed by atoms with Crippen LogP contribution in [0.5, 0.6) is 0 Å². The van der Waals surface area contributed by atoms with Crippen molar-refractivity contribution in [2.75, 3.05) is 13.7 Å². The minimum atomic E-state index is -0.438. The van der Waals surface area contributed by atoms with Crippen LogP contribution in [0, 0.1) is 0 Å². The standard InChI is InChI=1S/C12H16BrNO2/c1-16-7-6-11(14)12(15)8-9-4-2-3-5-10(9)13/h2-5,11H,6-8,14H2,1H3. The van der Waals surface area contributed by atoms with Gasteiger partial charge in [-0.2, -0.15) is 0 Å². The lowest BCUT2D eigenvalue weighted by Gasteiger charge is -2.10. The minimum Gasteiger partial charge on any atom is -0.385 e. The minimum absolute atomic E-state index is 0.0453. The highest BCUT2D eigenvalue weighted by Crippen LogP contribution is 2.17. The van der Waals surface area contributed by atoms with Crippen LogP contribution in [-0.2, 0) is 16.0 Å². The van der Waals surface area contributed by atoms with E-state index in [1.807, 2.05) is 24.3 Å². The number of carbonyl (C=O) groups excluding carboxylic acids is 1. The number of methoxy groups -OCH3 is 1. The zero-order valence-corrected chi connectivity index (χ0v) is 10.9. The Kier molecular flexibility index (Phi) is 5.66. The van der Waals surface area contributed by atoms with Crippen LogP contribution in [0.3, 0.4) is 0 Å². The summed E-state index contributed by atoms with van der Waals surface area (Å²) in [4.78, 5) is 11.8. The summed E-state index contributed by atoms with van der Waals surface area (Å²) in [5.41, 5.74) is 6.73. The van der Waals surface area contributed by atoms with Crippen molar-refractivity contribution in [1.29, 1.82) is 0 Å². The third-order valence-electron chi connectivity index (χ3n) is 2.37. The molecule has 0 aliphatic carbocycles. The average Bonchev–Trinajstić information content (AvgIpc) is 2.28. The third kappa shape index (κ3) is 4.04. The number of hydrogen-bond donors (Lipinski definition) is 1. The average molecular weight is 286 g/mol. The molecule has 0 heterocycles. The van der Waals surface area contributed by atoms with Gasteiger partial charge in [-0.25, -0.2) is 0 Å². The number of hydrogen-bond acceptors (Lipinski definition) is 3. The van der Waals surface area contributed by atoms with Gasteiger partial charge in [-0.1, -0.05) is 34.1 Å². The third-order valence-corrected chi connectivity index (χ3v) is 3.14. The van der Waals surface area contributed by atoms with Crippen LogP contribution in [0.25, 0.3) is 0 Å². The highest BCUT2D eigenvalue weighted by Gasteiger charge is 2.14. The predicted molar refractivity (Wildman–Crippen MR) is 67.3 cm³/mol. The summed E-state index contributed by atoms with van der Waals surface area (Å²) in [6.07, 6.45) is 0.937. The molecule has 0 bridgehead atoms. The monoisotopic (exact) mass is 285 g/mol. The van der Waals surface area contributed by atoms with E-state index in [4.69, 9.17) is 10.5 Å². The van der Waals surface area contributed by atoms with Gasteiger partial charge in [0, 0.05) is 24.6 Å². The maximum absolute atomic E-state index is 11.8. The van der Waals surface area contributed by atoms with Crippen LogP contribution in [0.1, 0.15) is 12.0 Å². The molecular formula is C12H16BrNO2. The summed E-state index contributed by atoms with van der Waals surface area (Å²) in [6.45, 7) is 0.517. The number of Topliss-reactive ketones (excluding diaryl/α,β-unsaturated/α-hetero) is 1. The molecule has 0 radical (unpaired) electrons. The first-order chi connectivity index (χ1) is 7.65. The van der Waals surface area contributed by atoms with E-state index in [1.54, 1.807) is 7.11 Å². The summed E-state index contributed by atoms with van der Waals surface area (Å²) in [5, 5.41) is 0. The Hall–Kier alpha value is -0.710. The van der Waals surface area contributed by atoms with Gasteiger partial charge < -0.3 is 10.5 Å². The fraction of sp³-hybridized carbons (Fsp3) is 0.417. The molecule has 0 aromatic heterocycles. The van der Waals surface area contributed by atoms with E-state index in [2.05, 4.69) is 15.9 Å². The summed E-state index contributed by atoms with van der Waals surface area (Å²) >= 11 is 3.41. The number of ketones is 1. The van der Waals surface area contributed by atoms with Crippen molar-refractivity contribution in [3.05, 3.63) is 34.3 Å². The van der Waals surface area contributed by atoms with Crippen molar-refractivity contribution in [1.82, 2.24) is 0 Å². The van der Waals surface area contributed by atoms with E-state index in [1.165, 1.54) is 0 Å². The molecule has 1 atom stereocenters. The molecular weight excluding hydrogens is 270 g/mol. The lowest BCUT2D eigenvalue weighted by molar-refractivity contribution is -0.120. The normalized spacial score (nSPS) is 12.4. The Morgan fingerprint density at radius 2 is 2.19 bits per heavy atom. The van der Waals surface area contributed by atoms with Crippen molar-refractivity contribution in [3.63, 3.8) is 0 Å². The number of benzene rings is 1. The van der Waals surface area contributed by atoms with Gasteiger partial charge in [0.1, 0.15) is 0 Å². The number of halogens is 1. The van der Waals surface area contributed by atoms with E-state index in [9.17, 15) is 4.79 Å². The van der Waals surface area contributed by atoms with E-state index in [-0.39, 0.29) is 5.78 Å². The second-order valence-corrected chi connectivity index (χ2v) is 4.48. The first kappa shape index (κ1) is 13.4. The molecule has 3 nitrogen and oxygen atoms in total. The van der Waals surface area contributed by atoms with Gasteiger partial charge >= 0.3 is 0 Å². The van der Waals surface area contributed by atoms with Crippen molar-refractivity contribution in [2.24, 2.45) is 5.73 Å². The van der Waals surface area contributed by atoms with Gasteiger partial charge in [0.05, 0.1) is 6.04 Å². The molecule has 0 amide bonds. The predicted octanol–water partition coefficient (Wildman–Crippen LogP) is 1.92. The fourth-order valence-electron chi connectivity index (χ4n) is 1.37. The Labute approximate surface area is 104 Å². The molecule has 0 aliphatic rings. The van der Waals surface area contributed by atoms with Crippen LogP contribution >= 0.6 is 15.9 Å². The second kappa shape index (κ2) is 6.78. The first-order valence-corrected chi connectivity index (χ1v) is 5.95. The van der Waals surface area contributed by atoms with Crippen molar-refractivity contribution >= 4 is 21.7 Å². The molecule has 0 aliphatic heterocycles. The number of carbonyl (C=O) groups is 1.